The largest absolute Gasteiger partial charge is 0.505 e. The normalized spacial score (nSPS) is 11.8. The van der Waals surface area contributed by atoms with Gasteiger partial charge in [-0.05, 0) is 42.3 Å². The molecule has 0 aliphatic rings. The van der Waals surface area contributed by atoms with E-state index in [4.69, 9.17) is 5.11 Å². The van der Waals surface area contributed by atoms with E-state index < -0.39 is 17.5 Å². The van der Waals surface area contributed by atoms with Crippen molar-refractivity contribution in [1.29, 1.82) is 0 Å². The zero-order valence-electron chi connectivity index (χ0n) is 12.7. The molecule has 0 amide bonds. The molecule has 3 aromatic rings. The van der Waals surface area contributed by atoms with Gasteiger partial charge in [-0.25, -0.2) is 0 Å². The molecule has 6 nitrogen and oxygen atoms in total. The Balaban J connectivity index is 2.15. The summed E-state index contributed by atoms with van der Waals surface area (Å²) in [6.45, 7) is -0.175. The number of carbonyl (C=O) groups excluding carboxylic acids is 1. The summed E-state index contributed by atoms with van der Waals surface area (Å²) in [6.07, 6.45) is -3.84. The van der Waals surface area contributed by atoms with E-state index in [1.54, 1.807) is 0 Å². The van der Waals surface area contributed by atoms with Gasteiger partial charge >= 0.3 is 6.18 Å². The summed E-state index contributed by atoms with van der Waals surface area (Å²) in [5.41, 5.74) is -0.105. The highest BCUT2D eigenvalue weighted by atomic mass is 19.4. The van der Waals surface area contributed by atoms with Crippen molar-refractivity contribution in [1.82, 2.24) is 15.0 Å². The Morgan fingerprint density at radius 3 is 2.48 bits per heavy atom. The molecule has 130 valence electrons. The van der Waals surface area contributed by atoms with Crippen molar-refractivity contribution in [3.63, 3.8) is 0 Å². The molecule has 0 bridgehead atoms. The van der Waals surface area contributed by atoms with Crippen LogP contribution >= 0.6 is 0 Å². The number of aromatic nitrogens is 3. The summed E-state index contributed by atoms with van der Waals surface area (Å²) in [5.74, 6) is -0.395. The Morgan fingerprint density at radius 2 is 1.84 bits per heavy atom. The van der Waals surface area contributed by atoms with Crippen LogP contribution in [0.4, 0.5) is 13.2 Å². The fourth-order valence-corrected chi connectivity index (χ4v) is 2.42. The van der Waals surface area contributed by atoms with Crippen LogP contribution in [0.1, 0.15) is 21.5 Å². The third-order valence-electron chi connectivity index (χ3n) is 3.63. The molecule has 0 radical (unpaired) electrons. The molecular formula is C16H12F3N3O3. The van der Waals surface area contributed by atoms with E-state index >= 15 is 0 Å². The Kier molecular flexibility index (Phi) is 4.17. The van der Waals surface area contributed by atoms with Crippen LogP contribution in [-0.4, -0.2) is 38.1 Å². The van der Waals surface area contributed by atoms with Crippen LogP contribution in [0, 0.1) is 0 Å². The lowest BCUT2D eigenvalue weighted by Crippen LogP contribution is -2.04. The molecule has 3 rings (SSSR count). The first-order valence-electron chi connectivity index (χ1n) is 7.20. The monoisotopic (exact) mass is 351 g/mol. The zero-order chi connectivity index (χ0) is 18.2. The fourth-order valence-electron chi connectivity index (χ4n) is 2.42. The summed E-state index contributed by atoms with van der Waals surface area (Å²) in [5, 5.41) is 27.2. The number of phenolic OH excluding ortho intramolecular Hbond substituents is 1. The molecule has 1 heterocycles. The minimum absolute atomic E-state index is 0.00515. The molecule has 9 heteroatoms. The van der Waals surface area contributed by atoms with Gasteiger partial charge in [-0.15, -0.1) is 15.0 Å². The molecule has 0 aliphatic carbocycles. The molecule has 0 fully saturated rings. The second kappa shape index (κ2) is 6.17. The third kappa shape index (κ3) is 3.18. The van der Waals surface area contributed by atoms with Gasteiger partial charge in [0, 0.05) is 6.61 Å². The highest BCUT2D eigenvalue weighted by Gasteiger charge is 2.31. The van der Waals surface area contributed by atoms with Crippen molar-refractivity contribution in [2.24, 2.45) is 0 Å². The van der Waals surface area contributed by atoms with Gasteiger partial charge in [0.05, 0.1) is 11.1 Å². The second-order valence-corrected chi connectivity index (χ2v) is 5.33. The van der Waals surface area contributed by atoms with E-state index in [2.05, 4.69) is 10.2 Å². The molecule has 0 saturated heterocycles. The molecule has 2 N–H and O–H groups in total. The predicted molar refractivity (Wildman–Crippen MR) is 81.7 cm³/mol. The molecule has 1 aromatic heterocycles. The van der Waals surface area contributed by atoms with E-state index in [1.165, 1.54) is 18.2 Å². The van der Waals surface area contributed by atoms with Crippen LogP contribution in [0.25, 0.3) is 16.7 Å². The van der Waals surface area contributed by atoms with Crippen molar-refractivity contribution in [3.8, 4) is 11.4 Å². The van der Waals surface area contributed by atoms with Gasteiger partial charge in [0.2, 0.25) is 0 Å². The highest BCUT2D eigenvalue weighted by Crippen LogP contribution is 2.31. The van der Waals surface area contributed by atoms with Crippen LogP contribution in [0.2, 0.25) is 0 Å². The van der Waals surface area contributed by atoms with Crippen LogP contribution < -0.4 is 0 Å². The van der Waals surface area contributed by atoms with E-state index in [-0.39, 0.29) is 35.3 Å². The number of hydrogen-bond donors (Lipinski definition) is 2. The van der Waals surface area contributed by atoms with Crippen molar-refractivity contribution in [2.45, 2.75) is 12.6 Å². The van der Waals surface area contributed by atoms with Gasteiger partial charge < -0.3 is 10.2 Å². The number of aliphatic hydroxyl groups is 1. The number of aliphatic hydroxyl groups excluding tert-OH is 1. The van der Waals surface area contributed by atoms with Gasteiger partial charge in [-0.2, -0.15) is 13.2 Å². The molecule has 0 spiro atoms. The van der Waals surface area contributed by atoms with Gasteiger partial charge in [0.25, 0.3) is 0 Å². The standard InChI is InChI=1S/C16H12F3N3O3/c17-16(18,19)11-1-2-12-13(7-11)21-22(20-12)14-6-9(3-4-23)5-10(8-24)15(14)25/h1-2,5-8,23,25H,3-4H2. The Morgan fingerprint density at radius 1 is 1.12 bits per heavy atom. The lowest BCUT2D eigenvalue weighted by molar-refractivity contribution is -0.137. The number of aldehydes is 1. The fraction of sp³-hybridized carbons (Fsp3) is 0.188. The number of aromatic hydroxyl groups is 1. The number of fused-ring (bicyclic) bond motifs is 1. The Bertz CT molecular complexity index is 951. The van der Waals surface area contributed by atoms with Crippen molar-refractivity contribution in [3.05, 3.63) is 47.0 Å². The lowest BCUT2D eigenvalue weighted by atomic mass is 10.1. The van der Waals surface area contributed by atoms with Crippen molar-refractivity contribution < 1.29 is 28.2 Å². The predicted octanol–water partition coefficient (Wildman–Crippen LogP) is 2.49. The lowest BCUT2D eigenvalue weighted by Gasteiger charge is -2.08. The van der Waals surface area contributed by atoms with Crippen LogP contribution in [0.3, 0.4) is 0 Å². The van der Waals surface area contributed by atoms with Crippen LogP contribution in [0.15, 0.2) is 30.3 Å². The number of phenols is 1. The summed E-state index contributed by atoms with van der Waals surface area (Å²) >= 11 is 0. The highest BCUT2D eigenvalue weighted by molar-refractivity contribution is 5.82. The summed E-state index contributed by atoms with van der Waals surface area (Å²) in [7, 11) is 0. The maximum absolute atomic E-state index is 12.8. The number of alkyl halides is 3. The number of benzene rings is 2. The number of nitrogens with zero attached hydrogens (tertiary/aromatic N) is 3. The zero-order valence-corrected chi connectivity index (χ0v) is 12.7. The SMILES string of the molecule is O=Cc1cc(CCO)cc(-n2nc3ccc(C(F)(F)F)cc3n2)c1O. The first kappa shape index (κ1) is 16.9. The molecule has 0 aliphatic heterocycles. The number of carbonyl (C=O) groups is 1. The van der Waals surface area contributed by atoms with Crippen molar-refractivity contribution in [2.75, 3.05) is 6.61 Å². The molecule has 0 saturated carbocycles. The first-order valence-corrected chi connectivity index (χ1v) is 7.20. The van der Waals surface area contributed by atoms with Crippen molar-refractivity contribution >= 4 is 17.3 Å². The van der Waals surface area contributed by atoms with Crippen LogP contribution in [0.5, 0.6) is 5.75 Å². The Labute approximate surface area is 139 Å². The van der Waals surface area contributed by atoms with E-state index in [0.717, 1.165) is 16.9 Å². The van der Waals surface area contributed by atoms with E-state index in [1.807, 2.05) is 0 Å². The Hall–Kier alpha value is -2.94. The maximum atomic E-state index is 12.8. The minimum atomic E-state index is -4.51. The van der Waals surface area contributed by atoms with E-state index in [0.29, 0.717) is 11.8 Å². The topological polar surface area (TPSA) is 88.2 Å². The summed E-state index contributed by atoms with van der Waals surface area (Å²) in [6, 6.07) is 5.79. The smallest absolute Gasteiger partial charge is 0.416 e. The number of rotatable bonds is 4. The average molecular weight is 351 g/mol. The molecule has 0 unspecified atom stereocenters. The van der Waals surface area contributed by atoms with Gasteiger partial charge in [0.1, 0.15) is 16.7 Å². The van der Waals surface area contributed by atoms with E-state index in [9.17, 15) is 23.1 Å². The maximum Gasteiger partial charge on any atom is 0.416 e. The first-order chi connectivity index (χ1) is 11.8. The van der Waals surface area contributed by atoms with Gasteiger partial charge in [-0.1, -0.05) is 0 Å². The third-order valence-corrected chi connectivity index (χ3v) is 3.63. The summed E-state index contributed by atoms with van der Waals surface area (Å²) in [4.78, 5) is 12.1. The second-order valence-electron chi connectivity index (χ2n) is 5.33. The molecule has 2 aromatic carbocycles. The number of hydrogen-bond acceptors (Lipinski definition) is 5. The number of halogens is 3. The van der Waals surface area contributed by atoms with Gasteiger partial charge in [0.15, 0.2) is 12.0 Å². The average Bonchev–Trinajstić information content (AvgIpc) is 2.98. The molecule has 0 atom stereocenters. The van der Waals surface area contributed by atoms with Gasteiger partial charge in [-0.3, -0.25) is 4.79 Å². The molecule has 25 heavy (non-hydrogen) atoms. The quantitative estimate of drug-likeness (QED) is 0.705. The summed E-state index contributed by atoms with van der Waals surface area (Å²) < 4.78 is 38.4. The minimum Gasteiger partial charge on any atom is -0.505 e. The molecular weight excluding hydrogens is 339 g/mol. The van der Waals surface area contributed by atoms with Crippen LogP contribution in [-0.2, 0) is 12.6 Å².